The van der Waals surface area contributed by atoms with Crippen molar-refractivity contribution < 1.29 is 24.2 Å². The molecule has 1 heterocycles. The van der Waals surface area contributed by atoms with E-state index in [9.17, 15) is 14.7 Å². The van der Waals surface area contributed by atoms with Crippen molar-refractivity contribution in [2.24, 2.45) is 0 Å². The normalized spacial score (nSPS) is 13.8. The highest BCUT2D eigenvalue weighted by molar-refractivity contribution is 6.00. The number of pyridine rings is 1. The van der Waals surface area contributed by atoms with Gasteiger partial charge in [0.2, 0.25) is 11.8 Å². The zero-order chi connectivity index (χ0) is 23.0. The van der Waals surface area contributed by atoms with Gasteiger partial charge in [-0.2, -0.15) is 0 Å². The lowest BCUT2D eigenvalue weighted by molar-refractivity contribution is -0.115. The molecule has 0 saturated heterocycles. The second kappa shape index (κ2) is 10.6. The van der Waals surface area contributed by atoms with Gasteiger partial charge in [-0.3, -0.25) is 4.79 Å². The first-order chi connectivity index (χ1) is 16.1. The van der Waals surface area contributed by atoms with Gasteiger partial charge in [0.15, 0.2) is 0 Å². The lowest BCUT2D eigenvalue weighted by atomic mass is 9.98. The summed E-state index contributed by atoms with van der Waals surface area (Å²) in [5.74, 6) is 0.481. The molecule has 3 aromatic rings. The van der Waals surface area contributed by atoms with E-state index in [1.165, 1.54) is 25.3 Å². The molecule has 1 aliphatic carbocycles. The molecule has 33 heavy (non-hydrogen) atoms. The molecular weight excluding hydrogens is 420 g/mol. The number of amides is 1. The van der Waals surface area contributed by atoms with Crippen LogP contribution >= 0.6 is 0 Å². The molecule has 7 heteroatoms. The molecule has 170 valence electrons. The van der Waals surface area contributed by atoms with Crippen LogP contribution in [0, 0.1) is 0 Å². The van der Waals surface area contributed by atoms with E-state index in [2.05, 4.69) is 10.3 Å². The van der Waals surface area contributed by atoms with Crippen molar-refractivity contribution >= 4 is 17.6 Å². The second-order valence-corrected chi connectivity index (χ2v) is 8.03. The number of aromatic carboxylic acids is 1. The number of hydrogen-bond donors (Lipinski definition) is 2. The molecule has 1 fully saturated rings. The molecule has 2 N–H and O–H groups in total. The van der Waals surface area contributed by atoms with Crippen molar-refractivity contribution in [1.29, 1.82) is 0 Å². The summed E-state index contributed by atoms with van der Waals surface area (Å²) in [6.07, 6.45) is 7.90. The number of para-hydroxylation sites is 1. The van der Waals surface area contributed by atoms with E-state index in [0.717, 1.165) is 18.6 Å². The van der Waals surface area contributed by atoms with Crippen LogP contribution in [0.2, 0.25) is 0 Å². The molecule has 2 aromatic carbocycles. The SMILES string of the molecule is O=C(Cc1ccc(Oc2ccc(OC3CCCCC3)cc2)nc1)Nc1ccccc1C(=O)O. The average molecular weight is 447 g/mol. The summed E-state index contributed by atoms with van der Waals surface area (Å²) in [4.78, 5) is 27.9. The monoisotopic (exact) mass is 446 g/mol. The predicted octanol–water partition coefficient (Wildman–Crippen LogP) is 5.46. The lowest BCUT2D eigenvalue weighted by Crippen LogP contribution is -2.19. The molecule has 1 aliphatic rings. The fraction of sp³-hybridized carbons (Fsp3) is 0.269. The lowest BCUT2D eigenvalue weighted by Gasteiger charge is -2.23. The van der Waals surface area contributed by atoms with Crippen LogP contribution in [0.4, 0.5) is 5.69 Å². The Morgan fingerprint density at radius 1 is 0.939 bits per heavy atom. The molecule has 0 bridgehead atoms. The van der Waals surface area contributed by atoms with E-state index in [4.69, 9.17) is 9.47 Å². The number of ether oxygens (including phenoxy) is 2. The molecule has 0 unspecified atom stereocenters. The maximum atomic E-state index is 12.3. The number of hydrogen-bond acceptors (Lipinski definition) is 5. The molecule has 0 spiro atoms. The van der Waals surface area contributed by atoms with Gasteiger partial charge >= 0.3 is 5.97 Å². The number of aromatic nitrogens is 1. The largest absolute Gasteiger partial charge is 0.490 e. The number of nitrogens with one attached hydrogen (secondary N) is 1. The minimum Gasteiger partial charge on any atom is -0.490 e. The second-order valence-electron chi connectivity index (χ2n) is 8.03. The van der Waals surface area contributed by atoms with Gasteiger partial charge in [0.05, 0.1) is 23.8 Å². The van der Waals surface area contributed by atoms with Crippen molar-refractivity contribution in [3.63, 3.8) is 0 Å². The molecule has 1 amide bonds. The minimum atomic E-state index is -1.09. The Bertz CT molecular complexity index is 1090. The molecule has 4 rings (SSSR count). The average Bonchev–Trinajstić information content (AvgIpc) is 2.82. The number of carbonyl (C=O) groups is 2. The summed E-state index contributed by atoms with van der Waals surface area (Å²) in [6.45, 7) is 0. The fourth-order valence-electron chi connectivity index (χ4n) is 3.82. The van der Waals surface area contributed by atoms with Crippen LogP contribution in [0.3, 0.4) is 0 Å². The Balaban J connectivity index is 1.30. The highest BCUT2D eigenvalue weighted by atomic mass is 16.5. The van der Waals surface area contributed by atoms with Crippen LogP contribution in [-0.4, -0.2) is 28.1 Å². The Hall–Kier alpha value is -3.87. The van der Waals surface area contributed by atoms with Crippen LogP contribution in [-0.2, 0) is 11.2 Å². The number of carboxylic acids is 1. The van der Waals surface area contributed by atoms with Gasteiger partial charge in [-0.15, -0.1) is 0 Å². The smallest absolute Gasteiger partial charge is 0.337 e. The van der Waals surface area contributed by atoms with E-state index >= 15 is 0 Å². The van der Waals surface area contributed by atoms with Crippen LogP contribution in [0.15, 0.2) is 66.9 Å². The number of rotatable bonds is 8. The molecule has 0 atom stereocenters. The van der Waals surface area contributed by atoms with Gasteiger partial charge in [-0.25, -0.2) is 9.78 Å². The summed E-state index contributed by atoms with van der Waals surface area (Å²) in [6, 6.07) is 17.2. The summed E-state index contributed by atoms with van der Waals surface area (Å²) < 4.78 is 11.8. The molecule has 7 nitrogen and oxygen atoms in total. The number of anilines is 1. The van der Waals surface area contributed by atoms with Crippen molar-refractivity contribution in [3.8, 4) is 17.4 Å². The summed E-state index contributed by atoms with van der Waals surface area (Å²) in [7, 11) is 0. The highest BCUT2D eigenvalue weighted by Gasteiger charge is 2.15. The third kappa shape index (κ3) is 6.32. The van der Waals surface area contributed by atoms with Gasteiger partial charge in [-0.05, 0) is 67.6 Å². The highest BCUT2D eigenvalue weighted by Crippen LogP contribution is 2.26. The number of nitrogens with zero attached hydrogens (tertiary/aromatic N) is 1. The third-order valence-electron chi connectivity index (χ3n) is 5.49. The summed E-state index contributed by atoms with van der Waals surface area (Å²) >= 11 is 0. The molecule has 0 aliphatic heterocycles. The molecule has 0 radical (unpaired) electrons. The van der Waals surface area contributed by atoms with Crippen molar-refractivity contribution in [2.45, 2.75) is 44.6 Å². The van der Waals surface area contributed by atoms with Crippen molar-refractivity contribution in [2.75, 3.05) is 5.32 Å². The Labute approximate surface area is 192 Å². The van der Waals surface area contributed by atoms with Gasteiger partial charge in [0.25, 0.3) is 0 Å². The van der Waals surface area contributed by atoms with Gasteiger partial charge in [0.1, 0.15) is 11.5 Å². The topological polar surface area (TPSA) is 97.8 Å². The zero-order valence-electron chi connectivity index (χ0n) is 18.2. The molecule has 1 aromatic heterocycles. The zero-order valence-corrected chi connectivity index (χ0v) is 18.2. The maximum absolute atomic E-state index is 12.3. The number of carboxylic acid groups (broad SMARTS) is 1. The molecule has 1 saturated carbocycles. The predicted molar refractivity (Wildman–Crippen MR) is 124 cm³/mol. The first-order valence-electron chi connectivity index (χ1n) is 11.1. The van der Waals surface area contributed by atoms with Crippen LogP contribution < -0.4 is 14.8 Å². The Morgan fingerprint density at radius 2 is 1.67 bits per heavy atom. The van der Waals surface area contributed by atoms with E-state index in [-0.39, 0.29) is 23.6 Å². The van der Waals surface area contributed by atoms with E-state index in [1.54, 1.807) is 36.5 Å². The van der Waals surface area contributed by atoms with Crippen molar-refractivity contribution in [3.05, 3.63) is 78.0 Å². The van der Waals surface area contributed by atoms with E-state index in [0.29, 0.717) is 23.3 Å². The van der Waals surface area contributed by atoms with Crippen LogP contribution in [0.1, 0.15) is 48.0 Å². The Morgan fingerprint density at radius 3 is 2.36 bits per heavy atom. The van der Waals surface area contributed by atoms with Gasteiger partial charge < -0.3 is 19.9 Å². The van der Waals surface area contributed by atoms with Crippen LogP contribution in [0.5, 0.6) is 17.4 Å². The first-order valence-corrected chi connectivity index (χ1v) is 11.1. The van der Waals surface area contributed by atoms with E-state index in [1.807, 2.05) is 24.3 Å². The van der Waals surface area contributed by atoms with Gasteiger partial charge in [-0.1, -0.05) is 24.6 Å². The van der Waals surface area contributed by atoms with Crippen molar-refractivity contribution in [1.82, 2.24) is 4.98 Å². The standard InChI is InChI=1S/C26H26N2O5/c29-24(28-23-9-5-4-8-22(23)26(30)31)16-18-10-15-25(27-17-18)33-21-13-11-20(12-14-21)32-19-6-2-1-3-7-19/h4-5,8-15,17,19H,1-3,6-7,16H2,(H,28,29)(H,30,31). The summed E-state index contributed by atoms with van der Waals surface area (Å²) in [5.41, 5.74) is 0.991. The van der Waals surface area contributed by atoms with Gasteiger partial charge in [0, 0.05) is 12.3 Å². The fourth-order valence-corrected chi connectivity index (χ4v) is 3.82. The van der Waals surface area contributed by atoms with E-state index < -0.39 is 5.97 Å². The Kier molecular flexibility index (Phi) is 7.19. The number of carbonyl (C=O) groups excluding carboxylic acids is 1. The first kappa shape index (κ1) is 22.3. The summed E-state index contributed by atoms with van der Waals surface area (Å²) in [5, 5.41) is 11.9. The molecular formula is C26H26N2O5. The third-order valence-corrected chi connectivity index (χ3v) is 5.49. The number of benzene rings is 2. The quantitative estimate of drug-likeness (QED) is 0.476. The minimum absolute atomic E-state index is 0.0443. The van der Waals surface area contributed by atoms with Crippen LogP contribution in [0.25, 0.3) is 0 Å². The maximum Gasteiger partial charge on any atom is 0.337 e.